The standard InChI is InChI=1S/C11H23NO3S2/c1-8(10(7-13)16-2)12-9-5-4-6-11(9)17(3,14)15/h8-13H,4-7H2,1-3H3. The summed E-state index contributed by atoms with van der Waals surface area (Å²) in [6.07, 6.45) is 5.91. The van der Waals surface area contributed by atoms with Crippen LogP contribution in [0.25, 0.3) is 0 Å². The highest BCUT2D eigenvalue weighted by atomic mass is 32.2. The van der Waals surface area contributed by atoms with Crippen molar-refractivity contribution in [2.75, 3.05) is 19.1 Å². The Morgan fingerprint density at radius 3 is 2.59 bits per heavy atom. The van der Waals surface area contributed by atoms with Crippen LogP contribution in [-0.4, -0.2) is 55.2 Å². The van der Waals surface area contributed by atoms with E-state index in [4.69, 9.17) is 0 Å². The largest absolute Gasteiger partial charge is 0.395 e. The van der Waals surface area contributed by atoms with Gasteiger partial charge in [-0.1, -0.05) is 6.42 Å². The van der Waals surface area contributed by atoms with Crippen molar-refractivity contribution < 1.29 is 13.5 Å². The van der Waals surface area contributed by atoms with Gasteiger partial charge in [0, 0.05) is 23.6 Å². The first-order chi connectivity index (χ1) is 7.90. The molecule has 0 heterocycles. The maximum atomic E-state index is 11.6. The normalized spacial score (nSPS) is 29.2. The fourth-order valence-corrected chi connectivity index (χ4v) is 4.55. The van der Waals surface area contributed by atoms with Gasteiger partial charge >= 0.3 is 0 Å². The Balaban J connectivity index is 2.62. The van der Waals surface area contributed by atoms with Gasteiger partial charge in [0.25, 0.3) is 0 Å². The van der Waals surface area contributed by atoms with Crippen LogP contribution in [0, 0.1) is 0 Å². The van der Waals surface area contributed by atoms with Crippen LogP contribution in [0.2, 0.25) is 0 Å². The van der Waals surface area contributed by atoms with Gasteiger partial charge in [-0.2, -0.15) is 11.8 Å². The molecule has 0 amide bonds. The molecule has 1 aliphatic rings. The zero-order chi connectivity index (χ0) is 13.1. The van der Waals surface area contributed by atoms with Gasteiger partial charge in [-0.05, 0) is 26.0 Å². The first-order valence-corrected chi connectivity index (χ1v) is 9.23. The Hall–Kier alpha value is 0.220. The monoisotopic (exact) mass is 281 g/mol. The maximum absolute atomic E-state index is 11.6. The lowest BCUT2D eigenvalue weighted by Crippen LogP contribution is -2.48. The summed E-state index contributed by atoms with van der Waals surface area (Å²) >= 11 is 1.61. The molecule has 0 radical (unpaired) electrons. The summed E-state index contributed by atoms with van der Waals surface area (Å²) in [4.78, 5) is 0. The Morgan fingerprint density at radius 1 is 1.47 bits per heavy atom. The molecule has 17 heavy (non-hydrogen) atoms. The Morgan fingerprint density at radius 2 is 2.12 bits per heavy atom. The van der Waals surface area contributed by atoms with Crippen LogP contribution in [0.15, 0.2) is 0 Å². The molecule has 1 rings (SSSR count). The quantitative estimate of drug-likeness (QED) is 0.748. The second kappa shape index (κ2) is 6.41. The summed E-state index contributed by atoms with van der Waals surface area (Å²) in [5.41, 5.74) is 0. The lowest BCUT2D eigenvalue weighted by Gasteiger charge is -2.28. The average molecular weight is 281 g/mol. The van der Waals surface area contributed by atoms with Crippen LogP contribution < -0.4 is 5.32 Å². The third kappa shape index (κ3) is 4.12. The van der Waals surface area contributed by atoms with Crippen molar-refractivity contribution in [2.45, 2.75) is 48.8 Å². The van der Waals surface area contributed by atoms with E-state index in [0.717, 1.165) is 19.3 Å². The van der Waals surface area contributed by atoms with E-state index in [1.807, 2.05) is 13.2 Å². The van der Waals surface area contributed by atoms with E-state index in [2.05, 4.69) is 5.32 Å². The van der Waals surface area contributed by atoms with Crippen molar-refractivity contribution in [1.82, 2.24) is 5.32 Å². The van der Waals surface area contributed by atoms with E-state index < -0.39 is 9.84 Å². The van der Waals surface area contributed by atoms with E-state index in [0.29, 0.717) is 0 Å². The molecule has 6 heteroatoms. The van der Waals surface area contributed by atoms with Crippen LogP contribution in [0.5, 0.6) is 0 Å². The first-order valence-electron chi connectivity index (χ1n) is 5.98. The van der Waals surface area contributed by atoms with Gasteiger partial charge in [-0.25, -0.2) is 8.42 Å². The van der Waals surface area contributed by atoms with Gasteiger partial charge in [0.2, 0.25) is 0 Å². The van der Waals surface area contributed by atoms with Crippen molar-refractivity contribution in [1.29, 1.82) is 0 Å². The van der Waals surface area contributed by atoms with Crippen LogP contribution in [-0.2, 0) is 9.84 Å². The minimum atomic E-state index is -2.97. The molecular formula is C11H23NO3S2. The van der Waals surface area contributed by atoms with E-state index in [1.54, 1.807) is 11.8 Å². The molecule has 0 aromatic carbocycles. The van der Waals surface area contributed by atoms with Gasteiger partial charge in [0.1, 0.15) is 0 Å². The maximum Gasteiger partial charge on any atom is 0.151 e. The van der Waals surface area contributed by atoms with E-state index in [-0.39, 0.29) is 29.2 Å². The van der Waals surface area contributed by atoms with Gasteiger partial charge in [-0.3, -0.25) is 0 Å². The predicted molar refractivity (Wildman–Crippen MR) is 73.3 cm³/mol. The molecular weight excluding hydrogens is 258 g/mol. The van der Waals surface area contributed by atoms with E-state index in [9.17, 15) is 13.5 Å². The zero-order valence-corrected chi connectivity index (χ0v) is 12.4. The lowest BCUT2D eigenvalue weighted by atomic mass is 10.1. The second-order valence-electron chi connectivity index (χ2n) is 4.82. The number of rotatable bonds is 6. The fourth-order valence-electron chi connectivity index (χ4n) is 2.51. The molecule has 102 valence electrons. The fraction of sp³-hybridized carbons (Fsp3) is 1.00. The highest BCUT2D eigenvalue weighted by Crippen LogP contribution is 2.26. The molecule has 1 aliphatic carbocycles. The smallest absolute Gasteiger partial charge is 0.151 e. The Kier molecular flexibility index (Phi) is 5.76. The SMILES string of the molecule is CSC(CO)C(C)NC1CCCC1S(C)(=O)=O. The third-order valence-corrected chi connectivity index (χ3v) is 6.35. The van der Waals surface area contributed by atoms with Crippen molar-refractivity contribution in [3.63, 3.8) is 0 Å². The lowest BCUT2D eigenvalue weighted by molar-refractivity contribution is 0.270. The van der Waals surface area contributed by atoms with E-state index in [1.165, 1.54) is 6.26 Å². The van der Waals surface area contributed by atoms with Crippen LogP contribution in [0.3, 0.4) is 0 Å². The molecule has 0 aliphatic heterocycles. The highest BCUT2D eigenvalue weighted by molar-refractivity contribution is 7.99. The summed E-state index contributed by atoms with van der Waals surface area (Å²) in [6.45, 7) is 2.13. The first kappa shape index (κ1) is 15.3. The Labute approximate surface area is 108 Å². The topological polar surface area (TPSA) is 66.4 Å². The molecule has 4 unspecified atom stereocenters. The minimum Gasteiger partial charge on any atom is -0.395 e. The number of thioether (sulfide) groups is 1. The number of hydrogen-bond acceptors (Lipinski definition) is 5. The molecule has 0 bridgehead atoms. The van der Waals surface area contributed by atoms with Gasteiger partial charge in [0.15, 0.2) is 9.84 Å². The predicted octanol–water partition coefficient (Wildman–Crippen LogP) is 0.654. The van der Waals surface area contributed by atoms with Crippen molar-refractivity contribution >= 4 is 21.6 Å². The number of hydrogen-bond donors (Lipinski definition) is 2. The molecule has 0 saturated heterocycles. The minimum absolute atomic E-state index is 0.0428. The van der Waals surface area contributed by atoms with Crippen LogP contribution in [0.4, 0.5) is 0 Å². The van der Waals surface area contributed by atoms with Gasteiger partial charge in [0.05, 0.1) is 11.9 Å². The Bertz CT molecular complexity index is 328. The highest BCUT2D eigenvalue weighted by Gasteiger charge is 2.35. The molecule has 1 fully saturated rings. The molecule has 2 N–H and O–H groups in total. The molecule has 4 atom stereocenters. The summed E-state index contributed by atoms with van der Waals surface area (Å²) in [5.74, 6) is 0. The van der Waals surface area contributed by atoms with Crippen molar-refractivity contribution in [2.24, 2.45) is 0 Å². The molecule has 0 aromatic heterocycles. The van der Waals surface area contributed by atoms with Crippen molar-refractivity contribution in [3.8, 4) is 0 Å². The summed E-state index contributed by atoms with van der Waals surface area (Å²) in [5, 5.41) is 12.5. The molecule has 0 aromatic rings. The average Bonchev–Trinajstić information content (AvgIpc) is 2.67. The second-order valence-corrected chi connectivity index (χ2v) is 8.16. The molecule has 1 saturated carbocycles. The zero-order valence-electron chi connectivity index (χ0n) is 10.7. The number of aliphatic hydroxyl groups is 1. The summed E-state index contributed by atoms with van der Waals surface area (Å²) in [6, 6.07) is 0.170. The number of aliphatic hydroxyl groups excluding tert-OH is 1. The van der Waals surface area contributed by atoms with E-state index >= 15 is 0 Å². The van der Waals surface area contributed by atoms with Gasteiger partial charge < -0.3 is 10.4 Å². The number of sulfone groups is 1. The van der Waals surface area contributed by atoms with Crippen molar-refractivity contribution in [3.05, 3.63) is 0 Å². The number of nitrogens with one attached hydrogen (secondary N) is 1. The van der Waals surface area contributed by atoms with Crippen LogP contribution >= 0.6 is 11.8 Å². The molecule has 0 spiro atoms. The third-order valence-electron chi connectivity index (χ3n) is 3.52. The summed E-state index contributed by atoms with van der Waals surface area (Å²) in [7, 11) is -2.97. The molecule has 4 nitrogen and oxygen atoms in total. The van der Waals surface area contributed by atoms with Crippen LogP contribution in [0.1, 0.15) is 26.2 Å². The summed E-state index contributed by atoms with van der Waals surface area (Å²) < 4.78 is 23.3. The van der Waals surface area contributed by atoms with Gasteiger partial charge in [-0.15, -0.1) is 0 Å².